The Morgan fingerprint density at radius 2 is 1.71 bits per heavy atom. The van der Waals surface area contributed by atoms with Crippen molar-refractivity contribution in [1.29, 1.82) is 0 Å². The van der Waals surface area contributed by atoms with Gasteiger partial charge in [0, 0.05) is 22.6 Å². The summed E-state index contributed by atoms with van der Waals surface area (Å²) in [5, 5.41) is 10.1. The smallest absolute Gasteiger partial charge is 0.238 e. The lowest BCUT2D eigenvalue weighted by Crippen LogP contribution is -2.39. The van der Waals surface area contributed by atoms with Gasteiger partial charge in [-0.2, -0.15) is 0 Å². The van der Waals surface area contributed by atoms with Gasteiger partial charge in [-0.1, -0.05) is 48.6 Å². The Balaban J connectivity index is 1.47. The molecule has 4 atom stereocenters. The van der Waals surface area contributed by atoms with Crippen molar-refractivity contribution in [2.24, 2.45) is 17.8 Å². The molecule has 1 fully saturated rings. The summed E-state index contributed by atoms with van der Waals surface area (Å²) < 4.78 is 0. The van der Waals surface area contributed by atoms with Gasteiger partial charge in [-0.05, 0) is 73.6 Å². The quantitative estimate of drug-likeness (QED) is 0.361. The summed E-state index contributed by atoms with van der Waals surface area (Å²) in [4.78, 5) is 55.4. The Morgan fingerprint density at radius 1 is 0.974 bits per heavy atom. The lowest BCUT2D eigenvalue weighted by molar-refractivity contribution is -0.123. The Morgan fingerprint density at radius 3 is 2.39 bits per heavy atom. The summed E-state index contributed by atoms with van der Waals surface area (Å²) >= 11 is 0. The van der Waals surface area contributed by atoms with Crippen LogP contribution in [0.25, 0.3) is 6.08 Å². The number of ketones is 2. The van der Waals surface area contributed by atoms with Gasteiger partial charge in [0.05, 0.1) is 17.5 Å². The van der Waals surface area contributed by atoms with Gasteiger partial charge in [0.1, 0.15) is 5.75 Å². The van der Waals surface area contributed by atoms with Crippen LogP contribution in [0.5, 0.6) is 5.75 Å². The summed E-state index contributed by atoms with van der Waals surface area (Å²) in [7, 11) is 0. The van der Waals surface area contributed by atoms with Gasteiger partial charge in [-0.3, -0.25) is 24.1 Å². The molecule has 0 aromatic heterocycles. The fraction of sp³-hybridized carbons (Fsp3) is 0.250. The van der Waals surface area contributed by atoms with Crippen LogP contribution in [0.4, 0.5) is 5.69 Å². The van der Waals surface area contributed by atoms with Crippen LogP contribution in [-0.4, -0.2) is 28.5 Å². The van der Waals surface area contributed by atoms with Gasteiger partial charge < -0.3 is 5.11 Å². The molecule has 4 aliphatic rings. The van der Waals surface area contributed by atoms with E-state index in [1.165, 1.54) is 11.0 Å². The van der Waals surface area contributed by atoms with Gasteiger partial charge in [0.2, 0.25) is 11.8 Å². The first-order valence-electron chi connectivity index (χ1n) is 12.8. The molecule has 0 unspecified atom stereocenters. The van der Waals surface area contributed by atoms with Gasteiger partial charge in [0.25, 0.3) is 0 Å². The molecule has 1 heterocycles. The van der Waals surface area contributed by atoms with Crippen molar-refractivity contribution >= 4 is 35.1 Å². The number of Topliss-reactive ketones (excluding diaryl/α,β-unsaturated/α-hetero) is 1. The first kappa shape index (κ1) is 24.0. The molecule has 0 radical (unpaired) electrons. The maximum atomic E-state index is 13.9. The Hall–Kier alpha value is -4.32. The Bertz CT molecular complexity index is 1550. The number of benzene rings is 2. The zero-order valence-corrected chi connectivity index (χ0v) is 21.2. The number of hydrogen-bond acceptors (Lipinski definition) is 5. The zero-order valence-electron chi connectivity index (χ0n) is 21.2. The Kier molecular flexibility index (Phi) is 5.45. The van der Waals surface area contributed by atoms with Gasteiger partial charge >= 0.3 is 0 Å². The molecule has 6 rings (SSSR count). The van der Waals surface area contributed by atoms with Crippen molar-refractivity contribution < 1.29 is 24.3 Å². The summed E-state index contributed by atoms with van der Waals surface area (Å²) in [5.74, 6) is -2.80. The van der Waals surface area contributed by atoms with Crippen molar-refractivity contribution in [1.82, 2.24) is 0 Å². The number of amides is 2. The second-order valence-electron chi connectivity index (χ2n) is 10.6. The predicted octanol–water partition coefficient (Wildman–Crippen LogP) is 4.98. The average molecular weight is 506 g/mol. The predicted molar refractivity (Wildman–Crippen MR) is 143 cm³/mol. The first-order valence-corrected chi connectivity index (χ1v) is 12.8. The van der Waals surface area contributed by atoms with Gasteiger partial charge in [-0.15, -0.1) is 0 Å². The number of aromatic hydroxyl groups is 1. The molecule has 190 valence electrons. The molecule has 0 spiro atoms. The molecule has 6 heteroatoms. The monoisotopic (exact) mass is 505 g/mol. The highest BCUT2D eigenvalue weighted by molar-refractivity contribution is 6.25. The number of anilines is 1. The van der Waals surface area contributed by atoms with Crippen LogP contribution in [0.3, 0.4) is 0 Å². The molecule has 1 saturated heterocycles. The van der Waals surface area contributed by atoms with E-state index in [-0.39, 0.29) is 41.5 Å². The van der Waals surface area contributed by atoms with Crippen LogP contribution < -0.4 is 4.90 Å². The molecule has 2 amide bonds. The number of phenolic OH excluding ortho intramolecular Hbond substituents is 1. The number of aryl methyl sites for hydroxylation is 1. The number of rotatable bonds is 3. The first-order chi connectivity index (χ1) is 18.2. The number of carbonyl (C=O) groups is 4. The largest absolute Gasteiger partial charge is 0.508 e. The highest BCUT2D eigenvalue weighted by Gasteiger charge is 2.56. The summed E-state index contributed by atoms with van der Waals surface area (Å²) in [6, 6.07) is 12.3. The highest BCUT2D eigenvalue weighted by Crippen LogP contribution is 2.55. The number of allylic oxidation sites excluding steroid dienone is 6. The number of carbonyl (C=O) groups excluding carboxylic acids is 4. The van der Waals surface area contributed by atoms with E-state index in [1.54, 1.807) is 44.2 Å². The van der Waals surface area contributed by atoms with E-state index < -0.39 is 17.8 Å². The molecule has 1 aliphatic heterocycles. The van der Waals surface area contributed by atoms with E-state index in [0.717, 1.165) is 16.7 Å². The van der Waals surface area contributed by atoms with Gasteiger partial charge in [-0.25, -0.2) is 0 Å². The molecule has 0 bridgehead atoms. The fourth-order valence-electron chi connectivity index (χ4n) is 6.63. The molecule has 38 heavy (non-hydrogen) atoms. The molecule has 0 saturated carbocycles. The van der Waals surface area contributed by atoms with E-state index in [1.807, 2.05) is 24.3 Å². The molecule has 1 N–H and O–H groups in total. The van der Waals surface area contributed by atoms with Crippen molar-refractivity contribution in [3.8, 4) is 5.75 Å². The number of phenols is 1. The molecule has 3 aliphatic carbocycles. The van der Waals surface area contributed by atoms with E-state index in [9.17, 15) is 24.3 Å². The zero-order chi connectivity index (χ0) is 26.9. The van der Waals surface area contributed by atoms with E-state index in [4.69, 9.17) is 0 Å². The van der Waals surface area contributed by atoms with Crippen molar-refractivity contribution in [3.05, 3.63) is 100 Å². The lowest BCUT2D eigenvalue weighted by Gasteiger charge is -2.42. The van der Waals surface area contributed by atoms with Crippen LogP contribution in [0, 0.1) is 24.7 Å². The number of fused-ring (bicyclic) bond motifs is 3. The summed E-state index contributed by atoms with van der Waals surface area (Å²) in [5.41, 5.74) is 5.00. The van der Waals surface area contributed by atoms with Crippen LogP contribution in [0.15, 0.2) is 83.5 Å². The third-order valence-electron chi connectivity index (χ3n) is 8.50. The van der Waals surface area contributed by atoms with Crippen LogP contribution >= 0.6 is 0 Å². The molecule has 2 aromatic carbocycles. The fourth-order valence-corrected chi connectivity index (χ4v) is 6.63. The summed E-state index contributed by atoms with van der Waals surface area (Å²) in [6.45, 7) is 7.18. The van der Waals surface area contributed by atoms with E-state index in [0.29, 0.717) is 34.4 Å². The number of imide groups is 1. The minimum absolute atomic E-state index is 0.143. The molecular formula is C32H27NO5. The number of nitrogens with zero attached hydrogens (tertiary/aromatic N) is 1. The minimum atomic E-state index is -0.620. The van der Waals surface area contributed by atoms with Crippen LogP contribution in [0.2, 0.25) is 0 Å². The second kappa shape index (κ2) is 8.62. The lowest BCUT2D eigenvalue weighted by atomic mass is 9.59. The maximum absolute atomic E-state index is 13.9. The number of hydrogen-bond donors (Lipinski definition) is 1. The second-order valence-corrected chi connectivity index (χ2v) is 10.6. The normalized spacial score (nSPS) is 26.5. The third-order valence-corrected chi connectivity index (χ3v) is 8.50. The van der Waals surface area contributed by atoms with Crippen molar-refractivity contribution in [2.45, 2.75) is 32.6 Å². The van der Waals surface area contributed by atoms with Crippen molar-refractivity contribution in [2.75, 3.05) is 4.90 Å². The SMILES string of the molecule is C=Cc1ccc(N2C(=O)[C@H]3[C@H](CC=C4[C@H](c5ccc(O)c(C)c5)C5=C(C[C@H]43)C(=O)C(C)=CC5=O)C2=O)cc1. The molecule has 6 nitrogen and oxygen atoms in total. The van der Waals surface area contributed by atoms with Crippen molar-refractivity contribution in [3.63, 3.8) is 0 Å². The summed E-state index contributed by atoms with van der Waals surface area (Å²) in [6.07, 6.45) is 5.72. The van der Waals surface area contributed by atoms with Crippen LogP contribution in [0.1, 0.15) is 42.4 Å². The minimum Gasteiger partial charge on any atom is -0.508 e. The maximum Gasteiger partial charge on any atom is 0.238 e. The van der Waals surface area contributed by atoms with E-state index >= 15 is 0 Å². The third kappa shape index (κ3) is 3.40. The topological polar surface area (TPSA) is 91.8 Å². The van der Waals surface area contributed by atoms with Crippen LogP contribution in [-0.2, 0) is 19.2 Å². The highest BCUT2D eigenvalue weighted by atomic mass is 16.3. The standard InChI is InChI=1S/C32H27NO5/c1-4-18-5-8-20(9-6-18)33-31(37)22-11-10-21-23(28(22)32(33)38)15-24-29(26(35)14-17(3)30(24)36)27(21)19-7-12-25(34)16(2)13-19/h4-10,12-14,22-23,27-28,34H,1,11,15H2,2-3H3/t22-,23+,27-,28-/m0/s1. The van der Waals surface area contributed by atoms with E-state index in [2.05, 4.69) is 6.58 Å². The van der Waals surface area contributed by atoms with Gasteiger partial charge in [0.15, 0.2) is 11.6 Å². The molecule has 2 aromatic rings. The molecular weight excluding hydrogens is 478 g/mol. The Labute approximate surface area is 220 Å². The average Bonchev–Trinajstić information content (AvgIpc) is 3.17.